The van der Waals surface area contributed by atoms with Crippen molar-refractivity contribution in [2.45, 2.75) is 78.2 Å². The molecule has 3 fully saturated rings. The molecule has 0 aromatic heterocycles. The summed E-state index contributed by atoms with van der Waals surface area (Å²) in [5, 5.41) is 3.09. The van der Waals surface area contributed by atoms with Gasteiger partial charge in [0.1, 0.15) is 0 Å². The Morgan fingerprint density at radius 1 is 0.968 bits per heavy atom. The molecular weight excluding hydrogens is 412 g/mol. The zero-order valence-electron chi connectivity index (χ0n) is 19.9. The Morgan fingerprint density at radius 2 is 1.71 bits per heavy atom. The minimum absolute atomic E-state index is 0.0194. The molecule has 0 radical (unpaired) electrons. The van der Waals surface area contributed by atoms with Crippen molar-refractivity contribution < 1.29 is 13.2 Å². The summed E-state index contributed by atoms with van der Waals surface area (Å²) in [7, 11) is -3.49. The number of hydrogen-bond donors (Lipinski definition) is 1. The fraction of sp³-hybridized carbons (Fsp3) is 0.957. The number of rotatable bonds is 8. The number of hydrogen-bond acceptors (Lipinski definition) is 4. The summed E-state index contributed by atoms with van der Waals surface area (Å²) in [4.78, 5) is 15.3. The molecule has 7 nitrogen and oxygen atoms in total. The fourth-order valence-corrected chi connectivity index (χ4v) is 7.72. The topological polar surface area (TPSA) is 73.0 Å². The summed E-state index contributed by atoms with van der Waals surface area (Å²) in [6.45, 7) is 11.4. The Morgan fingerprint density at radius 3 is 2.42 bits per heavy atom. The third-order valence-corrected chi connectivity index (χ3v) is 9.32. The average molecular weight is 457 g/mol. The first-order valence-electron chi connectivity index (χ1n) is 12.6. The van der Waals surface area contributed by atoms with E-state index in [1.807, 2.05) is 0 Å². The van der Waals surface area contributed by atoms with Gasteiger partial charge in [0.25, 0.3) is 10.2 Å². The second kappa shape index (κ2) is 11.4. The van der Waals surface area contributed by atoms with E-state index in [4.69, 9.17) is 0 Å². The molecule has 180 valence electrons. The van der Waals surface area contributed by atoms with E-state index in [1.54, 1.807) is 8.61 Å². The predicted octanol–water partition coefficient (Wildman–Crippen LogP) is 2.69. The Hall–Kier alpha value is -0.700. The Kier molecular flexibility index (Phi) is 9.20. The fourth-order valence-electron chi connectivity index (χ4n) is 5.78. The number of carbonyl (C=O) groups is 1. The number of nitrogens with one attached hydrogen (secondary N) is 1. The quantitative estimate of drug-likeness (QED) is 0.570. The van der Waals surface area contributed by atoms with Gasteiger partial charge < -0.3 is 10.2 Å². The van der Waals surface area contributed by atoms with Crippen LogP contribution in [0.15, 0.2) is 0 Å². The lowest BCUT2D eigenvalue weighted by Gasteiger charge is -2.39. The standard InChI is InChI=1S/C23H44N4O3S/c1-4-22-10-5-6-12-25(22)13-8-11-24-23(28)21-9-7-14-26(18-21)31(29,30)27-16-19(2)15-20(3)17-27/h19-22H,4-18H2,1-3H3,(H,24,28)/t19-,20-,21-,22-/m1/s1. The van der Waals surface area contributed by atoms with Crippen LogP contribution in [0.2, 0.25) is 0 Å². The van der Waals surface area contributed by atoms with Crippen LogP contribution < -0.4 is 5.32 Å². The lowest BCUT2D eigenvalue weighted by atomic mass is 9.94. The highest BCUT2D eigenvalue weighted by molar-refractivity contribution is 7.86. The zero-order chi connectivity index (χ0) is 22.4. The molecule has 0 bridgehead atoms. The molecule has 3 heterocycles. The predicted molar refractivity (Wildman–Crippen MR) is 125 cm³/mol. The molecule has 0 aromatic carbocycles. The molecule has 1 N–H and O–H groups in total. The van der Waals surface area contributed by atoms with Crippen LogP contribution in [0.5, 0.6) is 0 Å². The summed E-state index contributed by atoms with van der Waals surface area (Å²) in [5.74, 6) is 0.553. The summed E-state index contributed by atoms with van der Waals surface area (Å²) in [6, 6.07) is 0.696. The van der Waals surface area contributed by atoms with Crippen molar-refractivity contribution in [3.8, 4) is 0 Å². The van der Waals surface area contributed by atoms with Crippen LogP contribution in [0.4, 0.5) is 0 Å². The Bertz CT molecular complexity index is 676. The molecule has 31 heavy (non-hydrogen) atoms. The number of amides is 1. The van der Waals surface area contributed by atoms with E-state index in [1.165, 1.54) is 32.2 Å². The van der Waals surface area contributed by atoms with Crippen molar-refractivity contribution in [2.75, 3.05) is 45.8 Å². The van der Waals surface area contributed by atoms with Crippen molar-refractivity contribution in [1.29, 1.82) is 0 Å². The first kappa shape index (κ1) is 24.9. The third kappa shape index (κ3) is 6.65. The highest BCUT2D eigenvalue weighted by atomic mass is 32.2. The molecule has 3 rings (SSSR count). The highest BCUT2D eigenvalue weighted by Crippen LogP contribution is 2.27. The monoisotopic (exact) mass is 456 g/mol. The number of likely N-dealkylation sites (tertiary alicyclic amines) is 1. The van der Waals surface area contributed by atoms with Crippen LogP contribution in [0.25, 0.3) is 0 Å². The molecule has 8 heteroatoms. The Balaban J connectivity index is 1.45. The minimum atomic E-state index is -3.49. The normalized spacial score (nSPS) is 32.1. The van der Waals surface area contributed by atoms with Crippen molar-refractivity contribution in [2.24, 2.45) is 17.8 Å². The minimum Gasteiger partial charge on any atom is -0.356 e. The molecule has 0 spiro atoms. The number of nitrogens with zero attached hydrogens (tertiary/aromatic N) is 3. The van der Waals surface area contributed by atoms with E-state index in [2.05, 4.69) is 31.0 Å². The van der Waals surface area contributed by atoms with E-state index in [-0.39, 0.29) is 11.8 Å². The lowest BCUT2D eigenvalue weighted by Crippen LogP contribution is -2.53. The van der Waals surface area contributed by atoms with E-state index in [9.17, 15) is 13.2 Å². The average Bonchev–Trinajstić information content (AvgIpc) is 2.76. The van der Waals surface area contributed by atoms with Gasteiger partial charge in [-0.3, -0.25) is 4.79 Å². The molecule has 4 atom stereocenters. The van der Waals surface area contributed by atoms with E-state index in [0.717, 1.165) is 32.2 Å². The van der Waals surface area contributed by atoms with Crippen molar-refractivity contribution in [3.63, 3.8) is 0 Å². The molecule has 1 amide bonds. The van der Waals surface area contributed by atoms with E-state index < -0.39 is 10.2 Å². The summed E-state index contributed by atoms with van der Waals surface area (Å²) in [6.07, 6.45) is 8.67. The Labute approximate surface area is 190 Å². The molecule has 3 aliphatic heterocycles. The van der Waals surface area contributed by atoms with Gasteiger partial charge in [-0.1, -0.05) is 27.2 Å². The van der Waals surface area contributed by atoms with Gasteiger partial charge in [-0.05, 0) is 63.3 Å². The van der Waals surface area contributed by atoms with Gasteiger partial charge in [-0.15, -0.1) is 0 Å². The second-order valence-corrected chi connectivity index (χ2v) is 12.1. The van der Waals surface area contributed by atoms with Gasteiger partial charge >= 0.3 is 0 Å². The van der Waals surface area contributed by atoms with Crippen LogP contribution in [-0.4, -0.2) is 79.7 Å². The van der Waals surface area contributed by atoms with Gasteiger partial charge in [0, 0.05) is 45.3 Å². The lowest BCUT2D eigenvalue weighted by molar-refractivity contribution is -0.126. The van der Waals surface area contributed by atoms with Gasteiger partial charge in [0.15, 0.2) is 0 Å². The molecule has 0 saturated carbocycles. The molecule has 3 aliphatic rings. The van der Waals surface area contributed by atoms with E-state index >= 15 is 0 Å². The number of carbonyl (C=O) groups excluding carboxylic acids is 1. The van der Waals surface area contributed by atoms with Gasteiger partial charge in [-0.25, -0.2) is 0 Å². The zero-order valence-corrected chi connectivity index (χ0v) is 20.7. The van der Waals surface area contributed by atoms with Crippen molar-refractivity contribution in [3.05, 3.63) is 0 Å². The first-order valence-corrected chi connectivity index (χ1v) is 14.0. The third-order valence-electron chi connectivity index (χ3n) is 7.38. The SMILES string of the molecule is CC[C@@H]1CCCCN1CCCNC(=O)[C@@H]1CCCN(S(=O)(=O)N2C[C@H](C)C[C@@H](C)C2)C1. The van der Waals surface area contributed by atoms with Crippen LogP contribution in [-0.2, 0) is 15.0 Å². The maximum atomic E-state index is 13.2. The summed E-state index contributed by atoms with van der Waals surface area (Å²) in [5.41, 5.74) is 0. The molecule has 0 aliphatic carbocycles. The smallest absolute Gasteiger partial charge is 0.282 e. The maximum Gasteiger partial charge on any atom is 0.282 e. The van der Waals surface area contributed by atoms with Crippen molar-refractivity contribution in [1.82, 2.24) is 18.8 Å². The molecule has 3 saturated heterocycles. The molecular formula is C23H44N4O3S. The van der Waals surface area contributed by atoms with Crippen LogP contribution >= 0.6 is 0 Å². The summed E-state index contributed by atoms with van der Waals surface area (Å²) >= 11 is 0. The van der Waals surface area contributed by atoms with Crippen LogP contribution in [0, 0.1) is 17.8 Å². The van der Waals surface area contributed by atoms with Crippen LogP contribution in [0.1, 0.15) is 72.1 Å². The van der Waals surface area contributed by atoms with Gasteiger partial charge in [-0.2, -0.15) is 17.0 Å². The second-order valence-electron chi connectivity index (χ2n) is 10.2. The first-order chi connectivity index (χ1) is 14.8. The largest absolute Gasteiger partial charge is 0.356 e. The summed E-state index contributed by atoms with van der Waals surface area (Å²) < 4.78 is 29.6. The molecule has 0 aromatic rings. The van der Waals surface area contributed by atoms with Crippen LogP contribution in [0.3, 0.4) is 0 Å². The maximum absolute atomic E-state index is 13.2. The van der Waals surface area contributed by atoms with Gasteiger partial charge in [0.2, 0.25) is 5.91 Å². The number of piperidine rings is 3. The van der Waals surface area contributed by atoms with Gasteiger partial charge in [0.05, 0.1) is 5.92 Å². The molecule has 0 unspecified atom stereocenters. The highest BCUT2D eigenvalue weighted by Gasteiger charge is 2.38. The van der Waals surface area contributed by atoms with Crippen molar-refractivity contribution >= 4 is 16.1 Å². The van der Waals surface area contributed by atoms with E-state index in [0.29, 0.717) is 50.6 Å².